The Kier molecular flexibility index (Phi) is 6.49. The first-order chi connectivity index (χ1) is 17.0. The number of nitrogens with zero attached hydrogens (tertiary/aromatic N) is 2. The minimum absolute atomic E-state index is 0.0940. The van der Waals surface area contributed by atoms with E-state index in [2.05, 4.69) is 0 Å². The average Bonchev–Trinajstić information content (AvgIpc) is 3.13. The van der Waals surface area contributed by atoms with Gasteiger partial charge in [-0.25, -0.2) is 0 Å². The highest BCUT2D eigenvalue weighted by Crippen LogP contribution is 2.43. The fourth-order valence-electron chi connectivity index (χ4n) is 4.11. The second-order valence-corrected chi connectivity index (χ2v) is 8.43. The van der Waals surface area contributed by atoms with Gasteiger partial charge in [0, 0.05) is 31.0 Å². The lowest BCUT2D eigenvalue weighted by Crippen LogP contribution is -2.29. The molecule has 36 heavy (non-hydrogen) atoms. The van der Waals surface area contributed by atoms with Crippen molar-refractivity contribution in [3.05, 3.63) is 95.1 Å². The maximum absolute atomic E-state index is 13.2. The van der Waals surface area contributed by atoms with Gasteiger partial charge in [-0.3, -0.25) is 14.5 Å². The Morgan fingerprint density at radius 1 is 0.972 bits per heavy atom. The van der Waals surface area contributed by atoms with Crippen LogP contribution >= 0.6 is 0 Å². The Morgan fingerprint density at radius 2 is 1.61 bits per heavy atom. The molecule has 186 valence electrons. The Balaban J connectivity index is 1.90. The van der Waals surface area contributed by atoms with E-state index in [0.29, 0.717) is 11.3 Å². The Labute approximate surface area is 205 Å². The summed E-state index contributed by atoms with van der Waals surface area (Å²) >= 11 is 0. The van der Waals surface area contributed by atoms with Gasteiger partial charge in [0.1, 0.15) is 11.5 Å². The van der Waals surface area contributed by atoms with Crippen LogP contribution < -0.4 is 14.5 Å². The smallest absolute Gasteiger partial charge is 0.416 e. The van der Waals surface area contributed by atoms with E-state index in [-0.39, 0.29) is 16.8 Å². The lowest BCUT2D eigenvalue weighted by Gasteiger charge is -2.26. The molecule has 1 N–H and O–H groups in total. The molecular formula is C27H23F3N2O4. The van der Waals surface area contributed by atoms with Gasteiger partial charge in [0.2, 0.25) is 0 Å². The van der Waals surface area contributed by atoms with Gasteiger partial charge in [-0.2, -0.15) is 13.2 Å². The highest BCUT2D eigenvalue weighted by atomic mass is 19.4. The molecule has 1 amide bonds. The summed E-state index contributed by atoms with van der Waals surface area (Å²) in [6, 6.07) is 16.3. The van der Waals surface area contributed by atoms with Gasteiger partial charge in [0.25, 0.3) is 11.7 Å². The number of anilines is 2. The van der Waals surface area contributed by atoms with Crippen molar-refractivity contribution in [2.75, 3.05) is 31.0 Å². The van der Waals surface area contributed by atoms with Crippen molar-refractivity contribution < 1.29 is 32.6 Å². The van der Waals surface area contributed by atoms with E-state index in [1.54, 1.807) is 42.5 Å². The molecule has 9 heteroatoms. The normalized spacial score (nSPS) is 17.4. The van der Waals surface area contributed by atoms with Crippen LogP contribution in [0.3, 0.4) is 0 Å². The summed E-state index contributed by atoms with van der Waals surface area (Å²) in [7, 11) is 5.16. The molecule has 0 aromatic heterocycles. The second-order valence-electron chi connectivity index (χ2n) is 8.43. The fraction of sp³-hybridized carbons (Fsp3) is 0.185. The minimum atomic E-state index is -4.56. The van der Waals surface area contributed by atoms with Crippen molar-refractivity contribution in [3.8, 4) is 5.75 Å². The van der Waals surface area contributed by atoms with Crippen LogP contribution in [0.15, 0.2) is 78.4 Å². The lowest BCUT2D eigenvalue weighted by molar-refractivity contribution is -0.137. The number of methoxy groups -OCH3 is 1. The summed E-state index contributed by atoms with van der Waals surface area (Å²) in [6.45, 7) is 0. The van der Waals surface area contributed by atoms with E-state index in [1.165, 1.54) is 13.2 Å². The van der Waals surface area contributed by atoms with Crippen molar-refractivity contribution in [1.82, 2.24) is 0 Å². The molecule has 1 unspecified atom stereocenters. The third-order valence-corrected chi connectivity index (χ3v) is 5.99. The van der Waals surface area contributed by atoms with Crippen LogP contribution in [0.5, 0.6) is 5.75 Å². The molecule has 3 aromatic carbocycles. The molecule has 3 aromatic rings. The zero-order valence-electron chi connectivity index (χ0n) is 19.7. The standard InChI is InChI=1S/C27H23F3N2O4/c1-31(2)19-11-7-16(8-12-19)23-22(24(33)17-5-4-6-21(15-17)36-3)25(34)26(35)32(23)20-13-9-18(10-14-20)27(28,29)30/h4-15,23,33H,1-3H3/b24-22+. The predicted molar refractivity (Wildman–Crippen MR) is 130 cm³/mol. The van der Waals surface area contributed by atoms with Crippen molar-refractivity contribution in [2.45, 2.75) is 12.2 Å². The SMILES string of the molecule is COc1cccc(/C(O)=C2\C(=O)C(=O)N(c3ccc(C(F)(F)F)cc3)C2c2ccc(N(C)C)cc2)c1. The van der Waals surface area contributed by atoms with Gasteiger partial charge in [-0.05, 0) is 54.1 Å². The van der Waals surface area contributed by atoms with E-state index >= 15 is 0 Å². The van der Waals surface area contributed by atoms with Crippen LogP contribution in [0.25, 0.3) is 5.76 Å². The summed E-state index contributed by atoms with van der Waals surface area (Å²) in [5, 5.41) is 11.2. The number of alkyl halides is 3. The second kappa shape index (κ2) is 9.41. The van der Waals surface area contributed by atoms with E-state index in [0.717, 1.165) is 34.9 Å². The lowest BCUT2D eigenvalue weighted by atomic mass is 9.94. The maximum Gasteiger partial charge on any atom is 0.416 e. The first-order valence-corrected chi connectivity index (χ1v) is 10.9. The largest absolute Gasteiger partial charge is 0.507 e. The van der Waals surface area contributed by atoms with Gasteiger partial charge in [0.15, 0.2) is 0 Å². The summed E-state index contributed by atoms with van der Waals surface area (Å²) in [5.41, 5.74) is 0.658. The number of halogens is 3. The van der Waals surface area contributed by atoms with Crippen LogP contribution in [-0.4, -0.2) is 38.0 Å². The first-order valence-electron chi connectivity index (χ1n) is 10.9. The minimum Gasteiger partial charge on any atom is -0.507 e. The van der Waals surface area contributed by atoms with E-state index in [4.69, 9.17) is 4.74 Å². The Morgan fingerprint density at radius 3 is 2.17 bits per heavy atom. The zero-order chi connectivity index (χ0) is 26.2. The number of carbonyl (C=O) groups is 2. The molecule has 0 spiro atoms. The summed E-state index contributed by atoms with van der Waals surface area (Å²) in [4.78, 5) is 29.4. The van der Waals surface area contributed by atoms with Crippen LogP contribution in [0.4, 0.5) is 24.5 Å². The molecular weight excluding hydrogens is 473 g/mol. The number of benzene rings is 3. The molecule has 1 aliphatic heterocycles. The zero-order valence-corrected chi connectivity index (χ0v) is 19.7. The molecule has 0 saturated carbocycles. The summed E-state index contributed by atoms with van der Waals surface area (Å²) in [5.74, 6) is -1.89. The molecule has 1 atom stereocenters. The van der Waals surface area contributed by atoms with Crippen molar-refractivity contribution >= 4 is 28.8 Å². The Bertz CT molecular complexity index is 1330. The molecule has 0 radical (unpaired) electrons. The molecule has 4 rings (SSSR count). The van der Waals surface area contributed by atoms with Gasteiger partial charge in [-0.1, -0.05) is 24.3 Å². The molecule has 1 saturated heterocycles. The summed E-state index contributed by atoms with van der Waals surface area (Å²) in [6.07, 6.45) is -4.56. The molecule has 1 fully saturated rings. The van der Waals surface area contributed by atoms with E-state index in [1.807, 2.05) is 19.0 Å². The number of aliphatic hydroxyl groups excluding tert-OH is 1. The van der Waals surface area contributed by atoms with Gasteiger partial charge in [0.05, 0.1) is 24.3 Å². The van der Waals surface area contributed by atoms with Crippen molar-refractivity contribution in [1.29, 1.82) is 0 Å². The number of rotatable bonds is 5. The average molecular weight is 496 g/mol. The quantitative estimate of drug-likeness (QED) is 0.291. The van der Waals surface area contributed by atoms with Crippen molar-refractivity contribution in [2.24, 2.45) is 0 Å². The molecule has 1 heterocycles. The predicted octanol–water partition coefficient (Wildman–Crippen LogP) is 5.41. The van der Waals surface area contributed by atoms with Gasteiger partial charge >= 0.3 is 6.18 Å². The molecule has 1 aliphatic rings. The highest BCUT2D eigenvalue weighted by Gasteiger charge is 2.47. The monoisotopic (exact) mass is 496 g/mol. The van der Waals surface area contributed by atoms with Crippen LogP contribution in [-0.2, 0) is 15.8 Å². The van der Waals surface area contributed by atoms with Crippen LogP contribution in [0, 0.1) is 0 Å². The van der Waals surface area contributed by atoms with E-state index in [9.17, 15) is 27.9 Å². The number of ketones is 1. The third-order valence-electron chi connectivity index (χ3n) is 5.99. The molecule has 0 aliphatic carbocycles. The molecule has 0 bridgehead atoms. The topological polar surface area (TPSA) is 70.1 Å². The van der Waals surface area contributed by atoms with Crippen LogP contribution in [0.1, 0.15) is 22.7 Å². The number of amides is 1. The highest BCUT2D eigenvalue weighted by molar-refractivity contribution is 6.51. The van der Waals surface area contributed by atoms with Gasteiger partial charge < -0.3 is 14.7 Å². The van der Waals surface area contributed by atoms with Crippen molar-refractivity contribution in [3.63, 3.8) is 0 Å². The maximum atomic E-state index is 13.2. The number of hydrogen-bond acceptors (Lipinski definition) is 5. The Hall–Kier alpha value is -4.27. The van der Waals surface area contributed by atoms with E-state index < -0.39 is 35.2 Å². The first kappa shape index (κ1) is 24.8. The fourth-order valence-corrected chi connectivity index (χ4v) is 4.11. The van der Waals surface area contributed by atoms with Gasteiger partial charge in [-0.15, -0.1) is 0 Å². The third kappa shape index (κ3) is 4.51. The number of ether oxygens (including phenoxy) is 1. The molecule has 6 nitrogen and oxygen atoms in total. The summed E-state index contributed by atoms with van der Waals surface area (Å²) < 4.78 is 44.5. The van der Waals surface area contributed by atoms with Crippen LogP contribution in [0.2, 0.25) is 0 Å². The number of hydrogen-bond donors (Lipinski definition) is 1. The number of carbonyl (C=O) groups excluding carboxylic acids is 2. The number of aliphatic hydroxyl groups is 1. The number of Topliss-reactive ketones (excluding diaryl/α,β-unsaturated/α-hetero) is 1.